The van der Waals surface area contributed by atoms with Crippen molar-refractivity contribution in [1.29, 1.82) is 0 Å². The first kappa shape index (κ1) is 19.3. The molecule has 5 rings (SSSR count). The van der Waals surface area contributed by atoms with Gasteiger partial charge in [0.2, 0.25) is 0 Å². The fourth-order valence-corrected chi connectivity index (χ4v) is 5.05. The number of fused-ring (bicyclic) bond motifs is 3. The van der Waals surface area contributed by atoms with E-state index in [1.54, 1.807) is 6.08 Å². The lowest BCUT2D eigenvalue weighted by Crippen LogP contribution is -2.44. The van der Waals surface area contributed by atoms with Gasteiger partial charge in [0.15, 0.2) is 16.2 Å². The maximum absolute atomic E-state index is 13.2. The summed E-state index contributed by atoms with van der Waals surface area (Å²) in [7, 11) is -4.97. The molecule has 2 aromatic heterocycles. The van der Waals surface area contributed by atoms with Gasteiger partial charge in [0.25, 0.3) is 0 Å². The van der Waals surface area contributed by atoms with Crippen LogP contribution in [0.2, 0.25) is 0 Å². The van der Waals surface area contributed by atoms with Crippen LogP contribution in [0.1, 0.15) is 12.5 Å². The third-order valence-electron chi connectivity index (χ3n) is 5.52. The summed E-state index contributed by atoms with van der Waals surface area (Å²) in [6.07, 6.45) is 5.38. The molecule has 160 valence electrons. The van der Waals surface area contributed by atoms with Crippen molar-refractivity contribution in [3.8, 4) is 0 Å². The van der Waals surface area contributed by atoms with Gasteiger partial charge in [-0.1, -0.05) is 15.0 Å². The van der Waals surface area contributed by atoms with Crippen LogP contribution in [0.4, 0.5) is 20.5 Å². The molecular formula is C17H19F2N7O3S. The average Bonchev–Trinajstić information content (AvgIpc) is 3.45. The highest BCUT2D eigenvalue weighted by Gasteiger charge is 2.40. The largest absolute Gasteiger partial charge is 0.377 e. The number of aromatic nitrogens is 3. The Morgan fingerprint density at radius 3 is 2.83 bits per heavy atom. The fourth-order valence-electron chi connectivity index (χ4n) is 4.14. The molecule has 3 aliphatic heterocycles. The summed E-state index contributed by atoms with van der Waals surface area (Å²) in [5.41, 5.74) is 1.19. The molecule has 0 aromatic carbocycles. The molecule has 0 bridgehead atoms. The lowest BCUT2D eigenvalue weighted by molar-refractivity contribution is -0.0540. The second-order valence-electron chi connectivity index (χ2n) is 7.28. The van der Waals surface area contributed by atoms with Gasteiger partial charge in [-0.2, -0.15) is 18.2 Å². The third kappa shape index (κ3) is 2.80. The molecule has 3 aliphatic rings. The minimum absolute atomic E-state index is 0.00241. The summed E-state index contributed by atoms with van der Waals surface area (Å²) in [5, 5.41) is 4.72. The summed E-state index contributed by atoms with van der Waals surface area (Å²) < 4.78 is 57.2. The summed E-state index contributed by atoms with van der Waals surface area (Å²) >= 11 is 0. The minimum Gasteiger partial charge on any atom is -0.377 e. The molecule has 5 heterocycles. The van der Waals surface area contributed by atoms with E-state index in [2.05, 4.69) is 10.1 Å². The molecule has 1 fully saturated rings. The molecule has 1 saturated heterocycles. The molecule has 0 spiro atoms. The first-order valence-corrected chi connectivity index (χ1v) is 10.9. The van der Waals surface area contributed by atoms with Gasteiger partial charge in [-0.25, -0.2) is 4.98 Å². The van der Waals surface area contributed by atoms with Gasteiger partial charge < -0.3 is 9.64 Å². The molecule has 0 amide bonds. The van der Waals surface area contributed by atoms with Crippen LogP contribution in [0.3, 0.4) is 0 Å². The van der Waals surface area contributed by atoms with Crippen molar-refractivity contribution >= 4 is 38.6 Å². The lowest BCUT2D eigenvalue weighted by Gasteiger charge is -2.35. The van der Waals surface area contributed by atoms with E-state index in [1.807, 2.05) is 17.9 Å². The first-order chi connectivity index (χ1) is 14.4. The summed E-state index contributed by atoms with van der Waals surface area (Å²) in [5.74, 6) is 1.13. The second kappa shape index (κ2) is 6.96. The summed E-state index contributed by atoms with van der Waals surface area (Å²) in [4.78, 5) is 11.2. The van der Waals surface area contributed by atoms with Gasteiger partial charge in [-0.05, 0) is 19.4 Å². The zero-order chi connectivity index (χ0) is 21.0. The topological polar surface area (TPSA) is 96.2 Å². The Morgan fingerprint density at radius 1 is 1.30 bits per heavy atom. The van der Waals surface area contributed by atoms with E-state index in [0.29, 0.717) is 54.6 Å². The maximum atomic E-state index is 13.2. The second-order valence-corrected chi connectivity index (χ2v) is 8.89. The molecule has 30 heavy (non-hydrogen) atoms. The zero-order valence-electron chi connectivity index (χ0n) is 16.1. The number of halogens is 2. The van der Waals surface area contributed by atoms with Crippen LogP contribution in [-0.2, 0) is 21.4 Å². The van der Waals surface area contributed by atoms with Crippen LogP contribution in [-0.4, -0.2) is 72.7 Å². The Morgan fingerprint density at radius 2 is 2.13 bits per heavy atom. The standard InChI is InChI=1S/C17H19F2N7O3S/c1-11-10-29-8-7-23(11)16-12-4-6-24(30(27,28)26(18)19)15(12)13-9-21-25(17(13)22-16)14-3-2-5-20-14/h2-3,9,11H,4-8,10H2,1H3/t11-/m1/s1. The Balaban J connectivity index is 1.77. The van der Waals surface area contributed by atoms with E-state index >= 15 is 0 Å². The maximum Gasteiger partial charge on any atom is 0.358 e. The molecule has 0 N–H and O–H groups in total. The van der Waals surface area contributed by atoms with E-state index in [9.17, 15) is 17.4 Å². The van der Waals surface area contributed by atoms with Crippen LogP contribution in [0, 0.1) is 0 Å². The van der Waals surface area contributed by atoms with Gasteiger partial charge >= 0.3 is 10.2 Å². The van der Waals surface area contributed by atoms with Gasteiger partial charge in [0.1, 0.15) is 5.82 Å². The summed E-state index contributed by atoms with van der Waals surface area (Å²) in [6, 6.07) is -0.00241. The first-order valence-electron chi connectivity index (χ1n) is 9.50. The number of allylic oxidation sites excluding steroid dienone is 1. The molecule has 10 nitrogen and oxygen atoms in total. The van der Waals surface area contributed by atoms with E-state index in [1.165, 1.54) is 10.9 Å². The quantitative estimate of drug-likeness (QED) is 0.666. The lowest BCUT2D eigenvalue weighted by atomic mass is 10.1. The van der Waals surface area contributed by atoms with Gasteiger partial charge in [0.05, 0.1) is 43.1 Å². The number of anilines is 2. The highest BCUT2D eigenvalue weighted by atomic mass is 32.2. The van der Waals surface area contributed by atoms with E-state index in [-0.39, 0.29) is 24.7 Å². The number of ether oxygens (including phenoxy) is 1. The van der Waals surface area contributed by atoms with Gasteiger partial charge in [0, 0.05) is 18.7 Å². The number of hydrogen-bond donors (Lipinski definition) is 0. The number of rotatable bonds is 3. The zero-order valence-corrected chi connectivity index (χ0v) is 16.9. The smallest absolute Gasteiger partial charge is 0.358 e. The molecular weight excluding hydrogens is 420 g/mol. The van der Waals surface area contributed by atoms with Crippen molar-refractivity contribution in [1.82, 2.24) is 19.5 Å². The Kier molecular flexibility index (Phi) is 4.48. The molecule has 0 unspecified atom stereocenters. The number of aliphatic imine (C=N–C) groups is 1. The van der Waals surface area contributed by atoms with Crippen molar-refractivity contribution in [2.75, 3.05) is 42.1 Å². The Hall–Kier alpha value is -2.64. The third-order valence-corrected chi connectivity index (χ3v) is 6.79. The molecule has 0 aliphatic carbocycles. The van der Waals surface area contributed by atoms with Gasteiger partial charge in [-0.15, -0.1) is 0 Å². The van der Waals surface area contributed by atoms with Crippen LogP contribution >= 0.6 is 0 Å². The van der Waals surface area contributed by atoms with Crippen molar-refractivity contribution < 1.29 is 22.1 Å². The minimum atomic E-state index is -4.97. The number of nitrogens with zero attached hydrogens (tertiary/aromatic N) is 7. The van der Waals surface area contributed by atoms with E-state index in [0.717, 1.165) is 4.31 Å². The number of morpholine rings is 1. The fraction of sp³-hybridized carbons (Fsp3) is 0.471. The number of pyridine rings is 1. The predicted molar refractivity (Wildman–Crippen MR) is 106 cm³/mol. The highest BCUT2D eigenvalue weighted by molar-refractivity contribution is 7.90. The molecule has 0 radical (unpaired) electrons. The molecule has 0 saturated carbocycles. The van der Waals surface area contributed by atoms with Crippen LogP contribution < -0.4 is 9.21 Å². The van der Waals surface area contributed by atoms with E-state index < -0.39 is 15.0 Å². The number of hydrogen-bond acceptors (Lipinski definition) is 7. The average molecular weight is 439 g/mol. The van der Waals surface area contributed by atoms with E-state index in [4.69, 9.17) is 9.72 Å². The van der Waals surface area contributed by atoms with Crippen LogP contribution in [0.25, 0.3) is 11.0 Å². The predicted octanol–water partition coefficient (Wildman–Crippen LogP) is 1.15. The molecule has 13 heteroatoms. The SMILES string of the molecule is C[C@@H]1COCCN1c1nc2c(cnn2C2=NCC=C2)c2c1CCN2S(=O)(=O)N(F)F. The van der Waals surface area contributed by atoms with Crippen molar-refractivity contribution in [2.45, 2.75) is 19.4 Å². The summed E-state index contributed by atoms with van der Waals surface area (Å²) in [6.45, 7) is 3.94. The Labute approximate surface area is 171 Å². The Bertz CT molecular complexity index is 1180. The normalized spacial score (nSPS) is 21.7. The van der Waals surface area contributed by atoms with Crippen molar-refractivity contribution in [3.05, 3.63) is 23.9 Å². The highest BCUT2D eigenvalue weighted by Crippen LogP contribution is 2.43. The van der Waals surface area contributed by atoms with Gasteiger partial charge in [-0.3, -0.25) is 9.30 Å². The van der Waals surface area contributed by atoms with Crippen LogP contribution in [0.5, 0.6) is 0 Å². The van der Waals surface area contributed by atoms with Crippen LogP contribution in [0.15, 0.2) is 23.3 Å². The van der Waals surface area contributed by atoms with Crippen molar-refractivity contribution in [3.63, 3.8) is 0 Å². The monoisotopic (exact) mass is 439 g/mol. The van der Waals surface area contributed by atoms with Crippen molar-refractivity contribution in [2.24, 2.45) is 4.99 Å². The molecule has 2 aromatic rings. The molecule has 1 atom stereocenters.